The van der Waals surface area contributed by atoms with Gasteiger partial charge in [0, 0.05) is 11.1 Å². The Kier molecular flexibility index (Phi) is 5.34. The van der Waals surface area contributed by atoms with Crippen LogP contribution in [0.15, 0.2) is 48.5 Å². The predicted molar refractivity (Wildman–Crippen MR) is 85.6 cm³/mol. The number of alkyl halides is 3. The molecule has 0 saturated heterocycles. The smallest absolute Gasteiger partial charge is 0.321 e. The average molecular weight is 360 g/mol. The zero-order valence-electron chi connectivity index (χ0n) is 11.5. The fraction of sp³-hybridized carbons (Fsp3) is 0.0625. The Morgan fingerprint density at radius 3 is 2.30 bits per heavy atom. The van der Waals surface area contributed by atoms with Gasteiger partial charge >= 0.3 is 6.18 Å². The van der Waals surface area contributed by atoms with E-state index >= 15 is 0 Å². The monoisotopic (exact) mass is 359 g/mol. The summed E-state index contributed by atoms with van der Waals surface area (Å²) in [6, 6.07) is 9.43. The number of halogens is 5. The largest absolute Gasteiger partial charge is 0.416 e. The molecule has 0 aliphatic heterocycles. The SMILES string of the molecule is O=C(C=Cc1ccc(Cl)cc1)Nc1cc(C(F)(F)F)ccc1Cl. The summed E-state index contributed by atoms with van der Waals surface area (Å²) in [5, 5.41) is 2.90. The van der Waals surface area contributed by atoms with Gasteiger partial charge < -0.3 is 5.32 Å². The predicted octanol–water partition coefficient (Wildman–Crippen LogP) is 5.66. The number of hydrogen-bond donors (Lipinski definition) is 1. The van der Waals surface area contributed by atoms with Gasteiger partial charge in [-0.05, 0) is 42.0 Å². The van der Waals surface area contributed by atoms with Crippen molar-refractivity contribution in [3.05, 3.63) is 69.7 Å². The zero-order chi connectivity index (χ0) is 17.0. The van der Waals surface area contributed by atoms with Gasteiger partial charge in [-0.2, -0.15) is 13.2 Å². The molecular formula is C16H10Cl2F3NO. The number of amides is 1. The highest BCUT2D eigenvalue weighted by Crippen LogP contribution is 2.33. The minimum Gasteiger partial charge on any atom is -0.321 e. The summed E-state index contributed by atoms with van der Waals surface area (Å²) in [4.78, 5) is 11.8. The highest BCUT2D eigenvalue weighted by Gasteiger charge is 2.31. The molecule has 0 fully saturated rings. The summed E-state index contributed by atoms with van der Waals surface area (Å²) < 4.78 is 38.0. The van der Waals surface area contributed by atoms with Crippen LogP contribution in [0, 0.1) is 0 Å². The molecule has 0 unspecified atom stereocenters. The normalized spacial score (nSPS) is 11.7. The second-order valence-electron chi connectivity index (χ2n) is 4.57. The van der Waals surface area contributed by atoms with Crippen molar-refractivity contribution >= 4 is 40.9 Å². The van der Waals surface area contributed by atoms with Gasteiger partial charge in [0.15, 0.2) is 0 Å². The van der Waals surface area contributed by atoms with Gasteiger partial charge in [0.1, 0.15) is 0 Å². The Morgan fingerprint density at radius 2 is 1.70 bits per heavy atom. The lowest BCUT2D eigenvalue weighted by Crippen LogP contribution is -2.11. The van der Waals surface area contributed by atoms with Crippen LogP contribution in [0.3, 0.4) is 0 Å². The lowest BCUT2D eigenvalue weighted by molar-refractivity contribution is -0.137. The molecule has 0 saturated carbocycles. The van der Waals surface area contributed by atoms with Gasteiger partial charge in [-0.25, -0.2) is 0 Å². The molecule has 0 heterocycles. The van der Waals surface area contributed by atoms with Crippen LogP contribution >= 0.6 is 23.2 Å². The molecule has 2 aromatic rings. The van der Waals surface area contributed by atoms with Crippen LogP contribution in [0.25, 0.3) is 6.08 Å². The quantitative estimate of drug-likeness (QED) is 0.703. The summed E-state index contributed by atoms with van der Waals surface area (Å²) in [5.74, 6) is -0.596. The highest BCUT2D eigenvalue weighted by atomic mass is 35.5. The van der Waals surface area contributed by atoms with Gasteiger partial charge in [0.05, 0.1) is 16.3 Å². The molecule has 2 nitrogen and oxygen atoms in total. The molecule has 2 aromatic carbocycles. The van der Waals surface area contributed by atoms with Gasteiger partial charge in [-0.3, -0.25) is 4.79 Å². The number of benzene rings is 2. The molecule has 0 aliphatic carbocycles. The number of carbonyl (C=O) groups is 1. The van der Waals surface area contributed by atoms with Crippen molar-refractivity contribution in [2.75, 3.05) is 5.32 Å². The van der Waals surface area contributed by atoms with Crippen LogP contribution in [-0.4, -0.2) is 5.91 Å². The number of nitrogens with one attached hydrogen (secondary N) is 1. The van der Waals surface area contributed by atoms with Crippen LogP contribution in [0.1, 0.15) is 11.1 Å². The maximum absolute atomic E-state index is 12.7. The first-order chi connectivity index (χ1) is 10.8. The summed E-state index contributed by atoms with van der Waals surface area (Å²) in [5.41, 5.74) is -0.272. The van der Waals surface area contributed by atoms with Crippen molar-refractivity contribution in [1.82, 2.24) is 0 Å². The molecule has 1 N–H and O–H groups in total. The van der Waals surface area contributed by atoms with Gasteiger partial charge in [0.2, 0.25) is 5.91 Å². The van der Waals surface area contributed by atoms with E-state index in [4.69, 9.17) is 23.2 Å². The minimum atomic E-state index is -4.51. The molecule has 23 heavy (non-hydrogen) atoms. The Hall–Kier alpha value is -1.98. The van der Waals surface area contributed by atoms with Crippen molar-refractivity contribution in [3.63, 3.8) is 0 Å². The topological polar surface area (TPSA) is 29.1 Å². The van der Waals surface area contributed by atoms with E-state index in [1.807, 2.05) is 0 Å². The van der Waals surface area contributed by atoms with E-state index in [0.717, 1.165) is 23.8 Å². The molecular weight excluding hydrogens is 350 g/mol. The maximum Gasteiger partial charge on any atom is 0.416 e. The van der Waals surface area contributed by atoms with Gasteiger partial charge in [0.25, 0.3) is 0 Å². The molecule has 1 amide bonds. The molecule has 0 aliphatic rings. The molecule has 0 spiro atoms. The van der Waals surface area contributed by atoms with Crippen LogP contribution in [-0.2, 0) is 11.0 Å². The Balaban J connectivity index is 2.12. The first-order valence-electron chi connectivity index (χ1n) is 6.37. The van der Waals surface area contributed by atoms with E-state index in [2.05, 4.69) is 5.32 Å². The number of carbonyl (C=O) groups excluding carboxylic acids is 1. The van der Waals surface area contributed by atoms with Crippen LogP contribution in [0.5, 0.6) is 0 Å². The second-order valence-corrected chi connectivity index (χ2v) is 5.41. The zero-order valence-corrected chi connectivity index (χ0v) is 13.0. The second kappa shape index (κ2) is 7.06. The van der Waals surface area contributed by atoms with E-state index in [0.29, 0.717) is 5.02 Å². The van der Waals surface area contributed by atoms with Crippen molar-refractivity contribution in [2.45, 2.75) is 6.18 Å². The van der Waals surface area contributed by atoms with E-state index in [1.165, 1.54) is 12.2 Å². The number of anilines is 1. The average Bonchev–Trinajstić information content (AvgIpc) is 2.48. The Morgan fingerprint density at radius 1 is 1.04 bits per heavy atom. The maximum atomic E-state index is 12.7. The van der Waals surface area contributed by atoms with Gasteiger partial charge in [-0.1, -0.05) is 35.3 Å². The van der Waals surface area contributed by atoms with Crippen LogP contribution < -0.4 is 5.32 Å². The van der Waals surface area contributed by atoms with E-state index in [-0.39, 0.29) is 10.7 Å². The molecule has 7 heteroatoms. The van der Waals surface area contributed by atoms with Crippen LogP contribution in [0.2, 0.25) is 10.0 Å². The number of hydrogen-bond acceptors (Lipinski definition) is 1. The standard InChI is InChI=1S/C16H10Cl2F3NO/c17-12-5-1-10(2-6-12)3-8-15(23)22-14-9-11(16(19,20)21)4-7-13(14)18/h1-9H,(H,22,23). The van der Waals surface area contributed by atoms with Crippen molar-refractivity contribution in [1.29, 1.82) is 0 Å². The Labute approximate surface area is 140 Å². The van der Waals surface area contributed by atoms with Crippen LogP contribution in [0.4, 0.5) is 18.9 Å². The Bertz CT molecular complexity index is 740. The highest BCUT2D eigenvalue weighted by molar-refractivity contribution is 6.33. The minimum absolute atomic E-state index is 0.0197. The van der Waals surface area contributed by atoms with Crippen molar-refractivity contribution < 1.29 is 18.0 Å². The van der Waals surface area contributed by atoms with E-state index in [1.54, 1.807) is 24.3 Å². The summed E-state index contributed by atoms with van der Waals surface area (Å²) in [6.07, 6.45) is -1.81. The molecule has 0 bridgehead atoms. The van der Waals surface area contributed by atoms with E-state index in [9.17, 15) is 18.0 Å². The molecule has 2 rings (SSSR count). The summed E-state index contributed by atoms with van der Waals surface area (Å²) >= 11 is 11.5. The van der Waals surface area contributed by atoms with E-state index < -0.39 is 17.6 Å². The summed E-state index contributed by atoms with van der Waals surface area (Å²) in [6.45, 7) is 0. The lowest BCUT2D eigenvalue weighted by atomic mass is 10.2. The summed E-state index contributed by atoms with van der Waals surface area (Å²) in [7, 11) is 0. The van der Waals surface area contributed by atoms with Crippen molar-refractivity contribution in [2.24, 2.45) is 0 Å². The van der Waals surface area contributed by atoms with Crippen molar-refractivity contribution in [3.8, 4) is 0 Å². The fourth-order valence-electron chi connectivity index (χ4n) is 1.72. The first kappa shape index (κ1) is 17.4. The molecule has 0 atom stereocenters. The first-order valence-corrected chi connectivity index (χ1v) is 7.13. The molecule has 0 aromatic heterocycles. The third-order valence-corrected chi connectivity index (χ3v) is 3.43. The molecule has 120 valence electrons. The number of rotatable bonds is 3. The third kappa shape index (κ3) is 5.01. The fourth-order valence-corrected chi connectivity index (χ4v) is 2.01. The van der Waals surface area contributed by atoms with Gasteiger partial charge in [-0.15, -0.1) is 0 Å². The lowest BCUT2D eigenvalue weighted by Gasteiger charge is -2.10. The third-order valence-electron chi connectivity index (χ3n) is 2.85. The molecule has 0 radical (unpaired) electrons.